The van der Waals surface area contributed by atoms with Crippen molar-refractivity contribution in [3.8, 4) is 0 Å². The minimum Gasteiger partial charge on any atom is -0.422 e. The van der Waals surface area contributed by atoms with Crippen LogP contribution in [0.25, 0.3) is 21.1 Å². The molecule has 0 saturated carbocycles. The molecule has 0 radical (unpaired) electrons. The molecule has 24 heavy (non-hydrogen) atoms. The zero-order valence-electron chi connectivity index (χ0n) is 13.7. The lowest BCUT2D eigenvalue weighted by Crippen LogP contribution is -2.24. The van der Waals surface area contributed by atoms with E-state index >= 15 is 0 Å². The third-order valence-corrected chi connectivity index (χ3v) is 4.88. The van der Waals surface area contributed by atoms with Crippen LogP contribution < -0.4 is 10.9 Å². The van der Waals surface area contributed by atoms with Crippen molar-refractivity contribution in [2.45, 2.75) is 20.3 Å². The first-order chi connectivity index (χ1) is 11.6. The van der Waals surface area contributed by atoms with Crippen LogP contribution in [0.15, 0.2) is 33.5 Å². The van der Waals surface area contributed by atoms with Crippen LogP contribution in [-0.2, 0) is 4.74 Å². The van der Waals surface area contributed by atoms with Gasteiger partial charge in [-0.15, -0.1) is 11.3 Å². The Bertz CT molecular complexity index is 941. The van der Waals surface area contributed by atoms with Crippen molar-refractivity contribution in [3.63, 3.8) is 0 Å². The van der Waals surface area contributed by atoms with Crippen molar-refractivity contribution in [1.29, 1.82) is 0 Å². The van der Waals surface area contributed by atoms with Crippen LogP contribution in [0, 0.1) is 6.92 Å². The molecule has 0 fully saturated rings. The highest BCUT2D eigenvalue weighted by Crippen LogP contribution is 2.31. The molecule has 6 heteroatoms. The highest BCUT2D eigenvalue weighted by Gasteiger charge is 2.15. The van der Waals surface area contributed by atoms with Crippen molar-refractivity contribution in [2.75, 3.05) is 19.8 Å². The maximum atomic E-state index is 12.3. The molecule has 0 saturated heterocycles. The molecule has 5 nitrogen and oxygen atoms in total. The molecule has 2 aromatic heterocycles. The molecule has 0 unspecified atom stereocenters. The van der Waals surface area contributed by atoms with Crippen LogP contribution in [0.5, 0.6) is 0 Å². The lowest BCUT2D eigenvalue weighted by atomic mass is 10.1. The number of nitrogens with one attached hydrogen (secondary N) is 1. The lowest BCUT2D eigenvalue weighted by Gasteiger charge is -2.03. The predicted octanol–water partition coefficient (Wildman–Crippen LogP) is 3.47. The van der Waals surface area contributed by atoms with Crippen LogP contribution in [0.4, 0.5) is 0 Å². The van der Waals surface area contributed by atoms with Gasteiger partial charge in [0.15, 0.2) is 0 Å². The molecule has 3 aromatic rings. The average molecular weight is 345 g/mol. The Morgan fingerprint density at radius 3 is 2.92 bits per heavy atom. The van der Waals surface area contributed by atoms with Gasteiger partial charge in [-0.1, -0.05) is 11.6 Å². The number of aryl methyl sites for hydroxylation is 1. The van der Waals surface area contributed by atoms with Gasteiger partial charge in [0.05, 0.1) is 15.0 Å². The van der Waals surface area contributed by atoms with Gasteiger partial charge in [-0.3, -0.25) is 4.79 Å². The van der Waals surface area contributed by atoms with Gasteiger partial charge in [0.25, 0.3) is 5.91 Å². The first-order valence-electron chi connectivity index (χ1n) is 7.93. The molecule has 0 atom stereocenters. The number of carbonyl (C=O) groups excluding carboxylic acids is 1. The Labute approximate surface area is 143 Å². The first-order valence-corrected chi connectivity index (χ1v) is 8.74. The fraction of sp³-hybridized carbons (Fsp3) is 0.333. The molecule has 0 aliphatic heterocycles. The van der Waals surface area contributed by atoms with Gasteiger partial charge in [0, 0.05) is 25.1 Å². The molecule has 0 aliphatic rings. The summed E-state index contributed by atoms with van der Waals surface area (Å²) in [5.41, 5.74) is 1.21. The van der Waals surface area contributed by atoms with Crippen LogP contribution in [-0.4, -0.2) is 25.7 Å². The van der Waals surface area contributed by atoms with Gasteiger partial charge < -0.3 is 14.5 Å². The summed E-state index contributed by atoms with van der Waals surface area (Å²) in [6.45, 7) is 5.76. The minimum atomic E-state index is -0.409. The third-order valence-electron chi connectivity index (χ3n) is 3.71. The van der Waals surface area contributed by atoms with Crippen molar-refractivity contribution in [1.82, 2.24) is 5.32 Å². The summed E-state index contributed by atoms with van der Waals surface area (Å²) in [4.78, 5) is 24.9. The van der Waals surface area contributed by atoms with Crippen molar-refractivity contribution >= 4 is 38.3 Å². The Hall–Kier alpha value is -2.18. The molecule has 1 N–H and O–H groups in total. The second kappa shape index (κ2) is 7.15. The highest BCUT2D eigenvalue weighted by molar-refractivity contribution is 7.21. The quantitative estimate of drug-likeness (QED) is 0.549. The standard InChI is InChI=1S/C18H19NO4S/c1-3-22-8-4-7-19-17(20)15-10-13-16(24-15)12-9-11(2)5-6-14(12)23-18(13)21/h5-6,9-10H,3-4,7-8H2,1-2H3,(H,19,20). The first kappa shape index (κ1) is 16.7. The van der Waals surface area contributed by atoms with E-state index in [0.717, 1.165) is 22.1 Å². The smallest absolute Gasteiger partial charge is 0.345 e. The monoisotopic (exact) mass is 345 g/mol. The number of hydrogen-bond donors (Lipinski definition) is 1. The van der Waals surface area contributed by atoms with Crippen LogP contribution in [0.1, 0.15) is 28.6 Å². The van der Waals surface area contributed by atoms with E-state index in [1.54, 1.807) is 12.1 Å². The van der Waals surface area contributed by atoms with Gasteiger partial charge in [-0.25, -0.2) is 4.79 Å². The highest BCUT2D eigenvalue weighted by atomic mass is 32.1. The van der Waals surface area contributed by atoms with Gasteiger partial charge in [0.2, 0.25) is 0 Å². The molecule has 3 rings (SSSR count). The number of fused-ring (bicyclic) bond motifs is 3. The fourth-order valence-electron chi connectivity index (χ4n) is 2.53. The Morgan fingerprint density at radius 1 is 1.29 bits per heavy atom. The molecular weight excluding hydrogens is 326 g/mol. The summed E-state index contributed by atoms with van der Waals surface area (Å²) < 4.78 is 11.4. The number of ether oxygens (including phenoxy) is 1. The van der Waals surface area contributed by atoms with Gasteiger partial charge in [0.1, 0.15) is 5.58 Å². The van der Waals surface area contributed by atoms with Crippen LogP contribution in [0.2, 0.25) is 0 Å². The van der Waals surface area contributed by atoms with Crippen molar-refractivity contribution in [3.05, 3.63) is 45.1 Å². The van der Waals surface area contributed by atoms with Crippen LogP contribution in [0.3, 0.4) is 0 Å². The number of amides is 1. The van der Waals surface area contributed by atoms with Gasteiger partial charge >= 0.3 is 5.63 Å². The van der Waals surface area contributed by atoms with Gasteiger partial charge in [-0.05, 0) is 38.5 Å². The second-order valence-corrected chi connectivity index (χ2v) is 6.60. The maximum Gasteiger partial charge on any atom is 0.345 e. The topological polar surface area (TPSA) is 68.5 Å². The molecule has 0 spiro atoms. The summed E-state index contributed by atoms with van der Waals surface area (Å²) >= 11 is 1.32. The number of benzene rings is 1. The molecule has 1 amide bonds. The largest absolute Gasteiger partial charge is 0.422 e. The third kappa shape index (κ3) is 3.34. The second-order valence-electron chi connectivity index (χ2n) is 5.55. The molecule has 0 bridgehead atoms. The maximum absolute atomic E-state index is 12.3. The Kier molecular flexibility index (Phi) is 4.97. The van der Waals surface area contributed by atoms with E-state index in [1.807, 2.05) is 26.0 Å². The number of rotatable bonds is 6. The van der Waals surface area contributed by atoms with E-state index in [9.17, 15) is 9.59 Å². The normalized spacial score (nSPS) is 11.2. The molecule has 1 aromatic carbocycles. The Balaban J connectivity index is 1.89. The molecule has 0 aliphatic carbocycles. The number of hydrogen-bond acceptors (Lipinski definition) is 5. The summed E-state index contributed by atoms with van der Waals surface area (Å²) in [6.07, 6.45) is 0.759. The van der Waals surface area contributed by atoms with E-state index in [2.05, 4.69) is 5.32 Å². The SMILES string of the molecule is CCOCCCNC(=O)c1cc2c(=O)oc3ccc(C)cc3c2s1. The minimum absolute atomic E-state index is 0.173. The lowest BCUT2D eigenvalue weighted by molar-refractivity contribution is 0.0948. The summed E-state index contributed by atoms with van der Waals surface area (Å²) in [5.74, 6) is -0.173. The Morgan fingerprint density at radius 2 is 2.12 bits per heavy atom. The zero-order valence-corrected chi connectivity index (χ0v) is 14.5. The number of carbonyl (C=O) groups is 1. The molecule has 2 heterocycles. The van der Waals surface area contributed by atoms with Crippen molar-refractivity contribution < 1.29 is 13.9 Å². The number of thiophene rings is 1. The van der Waals surface area contributed by atoms with E-state index in [4.69, 9.17) is 9.15 Å². The van der Waals surface area contributed by atoms with E-state index in [-0.39, 0.29) is 5.91 Å². The molecule has 126 valence electrons. The van der Waals surface area contributed by atoms with E-state index < -0.39 is 5.63 Å². The zero-order chi connectivity index (χ0) is 17.1. The van der Waals surface area contributed by atoms with Gasteiger partial charge in [-0.2, -0.15) is 0 Å². The fourth-order valence-corrected chi connectivity index (χ4v) is 3.61. The van der Waals surface area contributed by atoms with E-state index in [0.29, 0.717) is 35.6 Å². The summed E-state index contributed by atoms with van der Waals surface area (Å²) in [6, 6.07) is 7.28. The summed E-state index contributed by atoms with van der Waals surface area (Å²) in [5, 5.41) is 4.18. The predicted molar refractivity (Wildman–Crippen MR) is 96.0 cm³/mol. The molecular formula is C18H19NO4S. The summed E-state index contributed by atoms with van der Waals surface area (Å²) in [7, 11) is 0. The average Bonchev–Trinajstić information content (AvgIpc) is 3.02. The van der Waals surface area contributed by atoms with Crippen LogP contribution >= 0.6 is 11.3 Å². The van der Waals surface area contributed by atoms with E-state index in [1.165, 1.54) is 11.3 Å². The van der Waals surface area contributed by atoms with Crippen molar-refractivity contribution in [2.24, 2.45) is 0 Å².